The molecule has 0 bridgehead atoms. The highest BCUT2D eigenvalue weighted by molar-refractivity contribution is 6.08. The number of carbonyl (C=O) groups excluding carboxylic acids is 1. The van der Waals surface area contributed by atoms with Gasteiger partial charge >= 0.3 is 5.97 Å². The number of nitrogens with two attached hydrogens (primary N) is 1. The average molecular weight is 468 g/mol. The van der Waals surface area contributed by atoms with Crippen molar-refractivity contribution in [2.45, 2.75) is 19.4 Å². The summed E-state index contributed by atoms with van der Waals surface area (Å²) in [5, 5.41) is 22.8. The van der Waals surface area contributed by atoms with Gasteiger partial charge < -0.3 is 25.0 Å². The highest BCUT2D eigenvalue weighted by atomic mass is 19.1. The van der Waals surface area contributed by atoms with Crippen molar-refractivity contribution in [3.8, 4) is 17.1 Å². The van der Waals surface area contributed by atoms with Crippen LogP contribution in [0.5, 0.6) is 5.75 Å². The number of ketones is 1. The number of carbonyl (C=O) groups is 2. The second-order valence-corrected chi connectivity index (χ2v) is 7.50. The first-order chi connectivity index (χ1) is 16.2. The molecule has 0 saturated carbocycles. The molecule has 9 nitrogen and oxygen atoms in total. The zero-order chi connectivity index (χ0) is 24.4. The number of halogens is 2. The van der Waals surface area contributed by atoms with Crippen molar-refractivity contribution in [3.63, 3.8) is 0 Å². The molecule has 0 atom stereocenters. The Kier molecular flexibility index (Phi) is 6.09. The fourth-order valence-electron chi connectivity index (χ4n) is 3.48. The van der Waals surface area contributed by atoms with Crippen LogP contribution in [0.2, 0.25) is 0 Å². The number of carboxylic acid groups (broad SMARTS) is 1. The van der Waals surface area contributed by atoms with Gasteiger partial charge in [0.15, 0.2) is 5.78 Å². The van der Waals surface area contributed by atoms with E-state index in [4.69, 9.17) is 10.3 Å². The first kappa shape index (κ1) is 22.6. The monoisotopic (exact) mass is 468 g/mol. The molecule has 0 amide bonds. The smallest absolute Gasteiger partial charge is 0.340 e. The van der Waals surface area contributed by atoms with E-state index in [1.807, 2.05) is 0 Å². The van der Waals surface area contributed by atoms with Gasteiger partial charge in [0, 0.05) is 37.2 Å². The lowest BCUT2D eigenvalue weighted by Crippen LogP contribution is -2.09. The first-order valence-electron chi connectivity index (χ1n) is 10.0. The number of nitrogens with zero attached hydrogens (tertiary/aromatic N) is 3. The molecule has 4 N–H and O–H groups in total. The number of Topliss-reactive ketones (excluding diaryl/α,β-unsaturated/α-hetero) is 1. The van der Waals surface area contributed by atoms with Crippen LogP contribution in [0.1, 0.15) is 38.6 Å². The number of rotatable bonds is 8. The summed E-state index contributed by atoms with van der Waals surface area (Å²) in [6.45, 7) is -0.131. The van der Waals surface area contributed by atoms with E-state index >= 15 is 0 Å². The summed E-state index contributed by atoms with van der Waals surface area (Å²) in [6.07, 6.45) is 1.15. The van der Waals surface area contributed by atoms with E-state index < -0.39 is 29.0 Å². The van der Waals surface area contributed by atoms with Crippen LogP contribution in [-0.2, 0) is 13.0 Å². The van der Waals surface area contributed by atoms with E-state index in [2.05, 4.69) is 10.1 Å². The molecule has 4 aromatic rings. The van der Waals surface area contributed by atoms with Gasteiger partial charge in [0.05, 0.1) is 5.56 Å². The molecule has 11 heteroatoms. The standard InChI is InChI=1S/C23H18F2N4O5/c24-14-7-12(8-15(25)9-14)10-29-11-17(20(21(29)26)23(32)33)18(31)5-6-19-27-22(28-34-19)13-1-3-16(30)4-2-13/h1-4,7-9,11,30H,5-6,10,26H2,(H,32,33). The van der Waals surface area contributed by atoms with Gasteiger partial charge in [-0.15, -0.1) is 0 Å². The van der Waals surface area contributed by atoms with Crippen LogP contribution in [0.25, 0.3) is 11.4 Å². The second-order valence-electron chi connectivity index (χ2n) is 7.50. The van der Waals surface area contributed by atoms with Crippen LogP contribution in [0, 0.1) is 11.6 Å². The molecule has 2 aromatic heterocycles. The van der Waals surface area contributed by atoms with Gasteiger partial charge in [0.25, 0.3) is 0 Å². The van der Waals surface area contributed by atoms with Crippen molar-refractivity contribution in [3.05, 3.63) is 82.9 Å². The van der Waals surface area contributed by atoms with Crippen molar-refractivity contribution in [1.82, 2.24) is 14.7 Å². The number of hydrogen-bond acceptors (Lipinski definition) is 7. The molecule has 174 valence electrons. The number of nitrogen functional groups attached to an aromatic ring is 1. The molecule has 4 rings (SSSR count). The van der Waals surface area contributed by atoms with Gasteiger partial charge in [-0.25, -0.2) is 13.6 Å². The molecule has 34 heavy (non-hydrogen) atoms. The molecule has 0 fully saturated rings. The lowest BCUT2D eigenvalue weighted by Gasteiger charge is -2.07. The highest BCUT2D eigenvalue weighted by Crippen LogP contribution is 2.25. The molecule has 0 unspecified atom stereocenters. The Morgan fingerprint density at radius 1 is 1.09 bits per heavy atom. The second kappa shape index (κ2) is 9.14. The fourth-order valence-corrected chi connectivity index (χ4v) is 3.48. The van der Waals surface area contributed by atoms with Crippen LogP contribution in [-0.4, -0.2) is 36.7 Å². The number of aromatic nitrogens is 3. The van der Waals surface area contributed by atoms with E-state index in [1.54, 1.807) is 12.1 Å². The normalized spacial score (nSPS) is 11.0. The summed E-state index contributed by atoms with van der Waals surface area (Å²) >= 11 is 0. The largest absolute Gasteiger partial charge is 0.508 e. The minimum absolute atomic E-state index is 0.0448. The molecule has 0 saturated heterocycles. The summed E-state index contributed by atoms with van der Waals surface area (Å²) in [5.41, 5.74) is 6.22. The summed E-state index contributed by atoms with van der Waals surface area (Å²) in [7, 11) is 0. The number of aryl methyl sites for hydroxylation is 1. The van der Waals surface area contributed by atoms with E-state index in [0.29, 0.717) is 11.6 Å². The Bertz CT molecular complexity index is 1360. The molecule has 0 aliphatic carbocycles. The van der Waals surface area contributed by atoms with Crippen molar-refractivity contribution in [1.29, 1.82) is 0 Å². The maximum absolute atomic E-state index is 13.5. The van der Waals surface area contributed by atoms with Crippen molar-refractivity contribution < 1.29 is 33.1 Å². The van der Waals surface area contributed by atoms with Gasteiger partial charge in [-0.1, -0.05) is 5.16 Å². The Morgan fingerprint density at radius 2 is 1.76 bits per heavy atom. The van der Waals surface area contributed by atoms with E-state index in [1.165, 1.54) is 22.9 Å². The number of aromatic hydroxyl groups is 1. The molecule has 0 spiro atoms. The van der Waals surface area contributed by atoms with E-state index in [0.717, 1.165) is 12.1 Å². The summed E-state index contributed by atoms with van der Waals surface area (Å²) in [6, 6.07) is 9.03. The maximum Gasteiger partial charge on any atom is 0.340 e. The van der Waals surface area contributed by atoms with Crippen molar-refractivity contribution >= 4 is 17.6 Å². The number of phenols is 1. The van der Waals surface area contributed by atoms with Crippen LogP contribution in [0.15, 0.2) is 53.2 Å². The Morgan fingerprint density at radius 3 is 2.41 bits per heavy atom. The molecular formula is C23H18F2N4O5. The fraction of sp³-hybridized carbons (Fsp3) is 0.130. The lowest BCUT2D eigenvalue weighted by atomic mass is 10.1. The van der Waals surface area contributed by atoms with Crippen molar-refractivity contribution in [2.75, 3.05) is 5.73 Å². The van der Waals surface area contributed by atoms with Crippen LogP contribution in [0.3, 0.4) is 0 Å². The summed E-state index contributed by atoms with van der Waals surface area (Å²) < 4.78 is 33.4. The molecule has 2 heterocycles. The Balaban J connectivity index is 1.52. The van der Waals surface area contributed by atoms with E-state index in [9.17, 15) is 28.6 Å². The number of hydrogen-bond donors (Lipinski definition) is 3. The zero-order valence-electron chi connectivity index (χ0n) is 17.5. The zero-order valence-corrected chi connectivity index (χ0v) is 17.5. The average Bonchev–Trinajstić information content (AvgIpc) is 3.37. The van der Waals surface area contributed by atoms with Gasteiger partial charge in [-0.05, 0) is 42.0 Å². The van der Waals surface area contributed by atoms with Gasteiger partial charge in [-0.2, -0.15) is 4.98 Å². The third kappa shape index (κ3) is 4.77. The number of anilines is 1. The molecule has 0 radical (unpaired) electrons. The number of benzene rings is 2. The van der Waals surface area contributed by atoms with Crippen LogP contribution in [0.4, 0.5) is 14.6 Å². The topological polar surface area (TPSA) is 144 Å². The molecular weight excluding hydrogens is 450 g/mol. The minimum atomic E-state index is -1.41. The van der Waals surface area contributed by atoms with Gasteiger partial charge in [0.2, 0.25) is 11.7 Å². The highest BCUT2D eigenvalue weighted by Gasteiger charge is 2.25. The van der Waals surface area contributed by atoms with E-state index in [-0.39, 0.29) is 53.8 Å². The Hall–Kier alpha value is -4.54. The minimum Gasteiger partial charge on any atom is -0.508 e. The number of aromatic carboxylic acids is 1. The molecule has 0 aliphatic rings. The third-order valence-corrected chi connectivity index (χ3v) is 5.07. The quantitative estimate of drug-likeness (QED) is 0.332. The van der Waals surface area contributed by atoms with Crippen LogP contribution < -0.4 is 5.73 Å². The molecule has 2 aromatic carbocycles. The van der Waals surface area contributed by atoms with Gasteiger partial charge in [0.1, 0.15) is 28.8 Å². The van der Waals surface area contributed by atoms with Crippen LogP contribution >= 0.6 is 0 Å². The van der Waals surface area contributed by atoms with Crippen molar-refractivity contribution in [2.24, 2.45) is 0 Å². The first-order valence-corrected chi connectivity index (χ1v) is 10.0. The lowest BCUT2D eigenvalue weighted by molar-refractivity contribution is 0.0693. The maximum atomic E-state index is 13.5. The summed E-state index contributed by atoms with van der Waals surface area (Å²) in [5.74, 6) is -3.21. The number of carboxylic acids is 1. The van der Waals surface area contributed by atoms with Gasteiger partial charge in [-0.3, -0.25) is 4.79 Å². The Labute approximate surface area is 191 Å². The summed E-state index contributed by atoms with van der Waals surface area (Å²) in [4.78, 5) is 28.8. The molecule has 0 aliphatic heterocycles. The predicted molar refractivity (Wildman–Crippen MR) is 115 cm³/mol. The SMILES string of the molecule is Nc1c(C(=O)O)c(C(=O)CCc2nc(-c3ccc(O)cc3)no2)cn1Cc1cc(F)cc(F)c1. The third-order valence-electron chi connectivity index (χ3n) is 5.07. The number of phenolic OH excluding ortho intramolecular Hbond substituents is 1. The predicted octanol–water partition coefficient (Wildman–Crippen LogP) is 3.67.